The molecule has 0 radical (unpaired) electrons. The van der Waals surface area contributed by atoms with E-state index in [0.29, 0.717) is 25.9 Å². The standard InChI is InChI=1S/C71H124O16P2/c1-5-9-13-17-21-25-29-31-33-35-37-39-43-47-51-55-59-80-62-67(86-70(74)57-53-49-45-41-28-24-20-16-12-8-4)64-84-88(76,77)82-60-66(72)61-83-89(78,79)85-65-68(63-81-69(73)56-52-48-44-40-27-23-19-15-11-7-3)87-71(75)58-54-50-46-42-38-36-34-32-30-26-22-18-14-10-6-2/h7-8,11-12,19-20,23-26,29-30,33-36,66-68,72H,5-6,9-10,13-18,21-22,27-28,31-32,37-65H2,1-4H3,(H,76,77)(H,78,79)/b11-7-,12-8-,23-19-,24-20-,29-25-,30-26-,35-33-,36-34-. The molecule has 5 unspecified atom stereocenters. The zero-order valence-corrected chi connectivity index (χ0v) is 57.6. The molecule has 0 rings (SSSR count). The molecule has 3 N–H and O–H groups in total. The summed E-state index contributed by atoms with van der Waals surface area (Å²) in [5.74, 6) is -1.60. The van der Waals surface area contributed by atoms with E-state index in [1.165, 1.54) is 51.4 Å². The number of carbonyl (C=O) groups excluding carboxylic acids is 3. The predicted molar refractivity (Wildman–Crippen MR) is 362 cm³/mol. The number of unbranched alkanes of at least 4 members (excludes halogenated alkanes) is 25. The van der Waals surface area contributed by atoms with Crippen molar-refractivity contribution in [2.24, 2.45) is 0 Å². The van der Waals surface area contributed by atoms with Crippen LogP contribution in [0.2, 0.25) is 0 Å². The van der Waals surface area contributed by atoms with Crippen molar-refractivity contribution in [2.45, 2.75) is 290 Å². The van der Waals surface area contributed by atoms with Crippen LogP contribution in [-0.2, 0) is 60.6 Å². The van der Waals surface area contributed by atoms with E-state index in [2.05, 4.69) is 98.9 Å². The van der Waals surface area contributed by atoms with Crippen molar-refractivity contribution in [1.82, 2.24) is 0 Å². The normalized spacial score (nSPS) is 14.8. The number of hydrogen-bond donors (Lipinski definition) is 3. The second-order valence-electron chi connectivity index (χ2n) is 22.8. The highest BCUT2D eigenvalue weighted by atomic mass is 31.2. The van der Waals surface area contributed by atoms with Crippen molar-refractivity contribution in [3.63, 3.8) is 0 Å². The molecule has 5 atom stereocenters. The minimum Gasteiger partial charge on any atom is -0.462 e. The Morgan fingerprint density at radius 3 is 1.03 bits per heavy atom. The fourth-order valence-electron chi connectivity index (χ4n) is 8.93. The van der Waals surface area contributed by atoms with Crippen molar-refractivity contribution in [1.29, 1.82) is 0 Å². The third-order valence-corrected chi connectivity index (χ3v) is 16.1. The number of aliphatic hydroxyl groups excluding tert-OH is 1. The number of rotatable bonds is 65. The first kappa shape index (κ1) is 85.5. The Morgan fingerprint density at radius 2 is 0.663 bits per heavy atom. The Labute approximate surface area is 540 Å². The Hall–Kier alpha value is -3.53. The van der Waals surface area contributed by atoms with Crippen molar-refractivity contribution >= 4 is 33.6 Å². The van der Waals surface area contributed by atoms with Gasteiger partial charge in [0.05, 0.1) is 33.0 Å². The van der Waals surface area contributed by atoms with Gasteiger partial charge in [0.2, 0.25) is 0 Å². The van der Waals surface area contributed by atoms with Crippen LogP contribution >= 0.6 is 15.6 Å². The molecule has 0 bridgehead atoms. The number of hydrogen-bond acceptors (Lipinski definition) is 14. The minimum atomic E-state index is -4.94. The fourth-order valence-corrected chi connectivity index (χ4v) is 10.5. The van der Waals surface area contributed by atoms with Gasteiger partial charge in [0.15, 0.2) is 6.10 Å². The first-order valence-electron chi connectivity index (χ1n) is 34.4. The largest absolute Gasteiger partial charge is 0.472 e. The first-order chi connectivity index (χ1) is 43.3. The lowest BCUT2D eigenvalue weighted by molar-refractivity contribution is -0.161. The summed E-state index contributed by atoms with van der Waals surface area (Å²) in [6, 6.07) is 0. The van der Waals surface area contributed by atoms with Crippen LogP contribution in [0.1, 0.15) is 272 Å². The molecule has 0 heterocycles. The molecule has 0 saturated carbocycles. The van der Waals surface area contributed by atoms with E-state index >= 15 is 0 Å². The number of carbonyl (C=O) groups is 3. The summed E-state index contributed by atoms with van der Waals surface area (Å²) in [4.78, 5) is 59.7. The maximum absolute atomic E-state index is 13.0. The van der Waals surface area contributed by atoms with Gasteiger partial charge in [-0.25, -0.2) is 9.13 Å². The smallest absolute Gasteiger partial charge is 0.462 e. The summed E-state index contributed by atoms with van der Waals surface area (Å²) in [5.41, 5.74) is 0. The van der Waals surface area contributed by atoms with E-state index in [9.17, 15) is 38.4 Å². The van der Waals surface area contributed by atoms with Gasteiger partial charge in [0, 0.05) is 25.9 Å². The van der Waals surface area contributed by atoms with Crippen LogP contribution in [0.3, 0.4) is 0 Å². The van der Waals surface area contributed by atoms with Gasteiger partial charge in [-0.3, -0.25) is 32.5 Å². The molecule has 0 aromatic carbocycles. The number of phosphoric ester groups is 2. The lowest BCUT2D eigenvalue weighted by Crippen LogP contribution is -2.30. The zero-order valence-electron chi connectivity index (χ0n) is 55.8. The maximum atomic E-state index is 13.0. The molecule has 0 aromatic heterocycles. The quantitative estimate of drug-likeness (QED) is 0.0169. The monoisotopic (exact) mass is 1290 g/mol. The molecule has 0 amide bonds. The van der Waals surface area contributed by atoms with Gasteiger partial charge in [-0.15, -0.1) is 0 Å². The molecular formula is C71H124O16P2. The minimum absolute atomic E-state index is 0.0823. The second-order valence-corrected chi connectivity index (χ2v) is 25.7. The molecule has 0 spiro atoms. The van der Waals surface area contributed by atoms with Gasteiger partial charge in [0.1, 0.15) is 18.8 Å². The van der Waals surface area contributed by atoms with Gasteiger partial charge in [0.25, 0.3) is 0 Å². The molecule has 0 aliphatic rings. The summed E-state index contributed by atoms with van der Waals surface area (Å²) < 4.78 is 68.7. The maximum Gasteiger partial charge on any atom is 0.472 e. The number of ether oxygens (including phenoxy) is 4. The molecule has 18 heteroatoms. The van der Waals surface area contributed by atoms with Crippen molar-refractivity contribution in [2.75, 3.05) is 46.2 Å². The highest BCUT2D eigenvalue weighted by Crippen LogP contribution is 2.45. The zero-order chi connectivity index (χ0) is 65.3. The number of phosphoric acid groups is 2. The van der Waals surface area contributed by atoms with E-state index in [-0.39, 0.29) is 25.9 Å². The molecule has 0 aromatic rings. The summed E-state index contributed by atoms with van der Waals surface area (Å²) in [6.45, 7) is 5.36. The summed E-state index contributed by atoms with van der Waals surface area (Å²) in [5, 5.41) is 10.6. The molecule has 89 heavy (non-hydrogen) atoms. The highest BCUT2D eigenvalue weighted by molar-refractivity contribution is 7.47. The lowest BCUT2D eigenvalue weighted by atomic mass is 10.1. The molecular weight excluding hydrogens is 1170 g/mol. The van der Waals surface area contributed by atoms with Crippen LogP contribution in [-0.4, -0.2) is 97.4 Å². The molecule has 0 aliphatic heterocycles. The molecule has 0 aliphatic carbocycles. The Balaban J connectivity index is 5.25. The molecule has 16 nitrogen and oxygen atoms in total. The van der Waals surface area contributed by atoms with E-state index in [1.54, 1.807) is 0 Å². The topological polar surface area (TPSA) is 220 Å². The van der Waals surface area contributed by atoms with Gasteiger partial charge in [-0.05, 0) is 142 Å². The van der Waals surface area contributed by atoms with Crippen molar-refractivity contribution in [3.8, 4) is 0 Å². The second kappa shape index (κ2) is 64.6. The third-order valence-electron chi connectivity index (χ3n) is 14.2. The van der Waals surface area contributed by atoms with E-state index in [1.807, 2.05) is 26.0 Å². The van der Waals surface area contributed by atoms with E-state index in [4.69, 9.17) is 37.0 Å². The van der Waals surface area contributed by atoms with Crippen molar-refractivity contribution in [3.05, 3.63) is 97.2 Å². The van der Waals surface area contributed by atoms with E-state index in [0.717, 1.165) is 154 Å². The third kappa shape index (κ3) is 64.4. The average Bonchev–Trinajstić information content (AvgIpc) is 3.72. The Morgan fingerprint density at radius 1 is 0.360 bits per heavy atom. The van der Waals surface area contributed by atoms with Gasteiger partial charge in [-0.2, -0.15) is 0 Å². The van der Waals surface area contributed by atoms with Crippen LogP contribution < -0.4 is 0 Å². The number of allylic oxidation sites excluding steroid dienone is 16. The van der Waals surface area contributed by atoms with Crippen LogP contribution in [0.25, 0.3) is 0 Å². The number of esters is 3. The van der Waals surface area contributed by atoms with Crippen LogP contribution in [0, 0.1) is 0 Å². The summed E-state index contributed by atoms with van der Waals surface area (Å²) in [7, 11) is -9.82. The van der Waals surface area contributed by atoms with Crippen LogP contribution in [0.5, 0.6) is 0 Å². The predicted octanol–water partition coefficient (Wildman–Crippen LogP) is 19.4. The number of aliphatic hydroxyl groups is 1. The summed E-state index contributed by atoms with van der Waals surface area (Å²) >= 11 is 0. The van der Waals surface area contributed by atoms with Crippen LogP contribution in [0.15, 0.2) is 97.2 Å². The van der Waals surface area contributed by atoms with E-state index < -0.39 is 84.9 Å². The van der Waals surface area contributed by atoms with Crippen LogP contribution in [0.4, 0.5) is 0 Å². The lowest BCUT2D eigenvalue weighted by Gasteiger charge is -2.21. The Bertz CT molecular complexity index is 2010. The summed E-state index contributed by atoms with van der Waals surface area (Å²) in [6.07, 6.45) is 66.2. The fraction of sp³-hybridized carbons (Fsp3) is 0.732. The molecule has 514 valence electrons. The molecule has 0 fully saturated rings. The van der Waals surface area contributed by atoms with Gasteiger partial charge < -0.3 is 33.8 Å². The van der Waals surface area contributed by atoms with Crippen molar-refractivity contribution < 1.29 is 75.4 Å². The van der Waals surface area contributed by atoms with Gasteiger partial charge >= 0.3 is 33.6 Å². The highest BCUT2D eigenvalue weighted by Gasteiger charge is 2.30. The average molecular weight is 1300 g/mol. The SMILES string of the molecule is C/C=C\C/C=C\CCCCCCC(=O)OCC(COP(=O)(O)OCC(O)COP(=O)(O)OCC(COCCCCCCC/C=C\C/C=C\CCCCCC)OC(=O)CCCCCC/C=C\C/C=C\C)OC(=O)CCCCCC/C=C\C/C=C\CCCCCC. The molecule has 0 saturated heterocycles. The Kier molecular flexibility index (Phi) is 62.0. The van der Waals surface area contributed by atoms with Gasteiger partial charge in [-0.1, -0.05) is 207 Å². The first-order valence-corrected chi connectivity index (χ1v) is 37.4.